The van der Waals surface area contributed by atoms with Gasteiger partial charge in [0.1, 0.15) is 12.6 Å². The number of rotatable bonds is 10. The van der Waals surface area contributed by atoms with Crippen molar-refractivity contribution in [2.75, 3.05) is 13.2 Å². The number of nitrogens with zero attached hydrogens (tertiary/aromatic N) is 1. The summed E-state index contributed by atoms with van der Waals surface area (Å²) < 4.78 is 11.0. The van der Waals surface area contributed by atoms with Crippen LogP contribution < -0.4 is 20.2 Å². The summed E-state index contributed by atoms with van der Waals surface area (Å²) in [7, 11) is 0. The molecule has 0 radical (unpaired) electrons. The van der Waals surface area contributed by atoms with Gasteiger partial charge >= 0.3 is 0 Å². The first-order valence-corrected chi connectivity index (χ1v) is 10.5. The van der Waals surface area contributed by atoms with E-state index in [4.69, 9.17) is 27.5 Å². The molecular weight excluding hydrogens is 430 g/mol. The minimum atomic E-state index is -0.770. The Morgan fingerprint density at radius 3 is 2.50 bits per heavy atom. The van der Waals surface area contributed by atoms with Gasteiger partial charge in [0, 0.05) is 10.6 Å². The second kappa shape index (κ2) is 12.4. The molecule has 2 N–H and O–H groups in total. The van der Waals surface area contributed by atoms with E-state index in [2.05, 4.69) is 21.8 Å². The predicted molar refractivity (Wildman–Crippen MR) is 125 cm³/mol. The number of hydrogen-bond acceptors (Lipinski definition) is 5. The molecule has 2 amide bonds. The number of amides is 2. The van der Waals surface area contributed by atoms with E-state index in [9.17, 15) is 9.59 Å². The number of ether oxygens (including phenoxy) is 2. The van der Waals surface area contributed by atoms with Crippen LogP contribution in [0.3, 0.4) is 0 Å². The van der Waals surface area contributed by atoms with E-state index >= 15 is 0 Å². The molecule has 0 saturated heterocycles. The zero-order valence-corrected chi connectivity index (χ0v) is 19.0. The molecule has 0 aliphatic rings. The number of nitrogens with one attached hydrogen (secondary N) is 2. The van der Waals surface area contributed by atoms with Gasteiger partial charge in [-0.25, -0.2) is 5.43 Å². The van der Waals surface area contributed by atoms with Crippen molar-refractivity contribution >= 4 is 29.6 Å². The summed E-state index contributed by atoms with van der Waals surface area (Å²) in [6, 6.07) is 10.9. The van der Waals surface area contributed by atoms with Gasteiger partial charge in [0.05, 0.1) is 12.8 Å². The lowest BCUT2D eigenvalue weighted by Gasteiger charge is -2.20. The molecule has 0 aromatic heterocycles. The Hall–Kier alpha value is -3.50. The standard InChI is InChI=1S/C24H26ClN3O4/c1-5-13-32-20-12-7-17(14-21(20)31-6-2)15-26-28-24(30)22(16(3)4)27-23(29)18-8-10-19(25)11-9-18/h1,7-12,14-16,22H,6,13H2,2-4H3,(H,27,29)(H,28,30). The number of carbonyl (C=O) groups is 2. The van der Waals surface area contributed by atoms with E-state index in [-0.39, 0.29) is 18.4 Å². The molecule has 2 aromatic rings. The van der Waals surface area contributed by atoms with Gasteiger partial charge in [-0.1, -0.05) is 31.4 Å². The Bertz CT molecular complexity index is 997. The first-order chi connectivity index (χ1) is 15.3. The van der Waals surface area contributed by atoms with Crippen molar-refractivity contribution in [3.05, 3.63) is 58.6 Å². The van der Waals surface area contributed by atoms with Crippen molar-refractivity contribution in [2.45, 2.75) is 26.8 Å². The highest BCUT2D eigenvalue weighted by Crippen LogP contribution is 2.28. The molecule has 0 spiro atoms. The highest BCUT2D eigenvalue weighted by molar-refractivity contribution is 6.30. The minimum Gasteiger partial charge on any atom is -0.490 e. The van der Waals surface area contributed by atoms with E-state index in [1.807, 2.05) is 20.8 Å². The van der Waals surface area contributed by atoms with Gasteiger partial charge in [-0.15, -0.1) is 6.42 Å². The Kier molecular flexibility index (Phi) is 9.58. The molecule has 8 heteroatoms. The maximum atomic E-state index is 12.6. The molecule has 0 aliphatic heterocycles. The predicted octanol–water partition coefficient (Wildman–Crippen LogP) is 3.66. The summed E-state index contributed by atoms with van der Waals surface area (Å²) in [6.07, 6.45) is 6.71. The molecule has 1 unspecified atom stereocenters. The molecule has 32 heavy (non-hydrogen) atoms. The average Bonchev–Trinajstić information content (AvgIpc) is 2.77. The fourth-order valence-corrected chi connectivity index (χ4v) is 2.84. The molecule has 2 aromatic carbocycles. The minimum absolute atomic E-state index is 0.127. The highest BCUT2D eigenvalue weighted by Gasteiger charge is 2.24. The molecule has 168 valence electrons. The van der Waals surface area contributed by atoms with Crippen LogP contribution in [0.25, 0.3) is 0 Å². The molecule has 0 heterocycles. The van der Waals surface area contributed by atoms with Crippen LogP contribution in [0.15, 0.2) is 47.6 Å². The van der Waals surface area contributed by atoms with Gasteiger partial charge < -0.3 is 14.8 Å². The van der Waals surface area contributed by atoms with Crippen molar-refractivity contribution in [3.8, 4) is 23.8 Å². The Balaban J connectivity index is 2.04. The molecule has 0 fully saturated rings. The zero-order valence-electron chi connectivity index (χ0n) is 18.2. The normalized spacial score (nSPS) is 11.6. The van der Waals surface area contributed by atoms with Gasteiger partial charge in [0.2, 0.25) is 0 Å². The fraction of sp³-hybridized carbons (Fsp3) is 0.292. The molecule has 0 saturated carbocycles. The van der Waals surface area contributed by atoms with Crippen molar-refractivity contribution < 1.29 is 19.1 Å². The molecule has 0 bridgehead atoms. The quantitative estimate of drug-likeness (QED) is 0.325. The summed E-state index contributed by atoms with van der Waals surface area (Å²) in [5, 5.41) is 7.27. The summed E-state index contributed by atoms with van der Waals surface area (Å²) in [4.78, 5) is 25.1. The van der Waals surface area contributed by atoms with Crippen LogP contribution in [0.5, 0.6) is 11.5 Å². The van der Waals surface area contributed by atoms with E-state index in [1.54, 1.807) is 42.5 Å². The van der Waals surface area contributed by atoms with Crippen LogP contribution in [0.2, 0.25) is 5.02 Å². The first-order valence-electron chi connectivity index (χ1n) is 10.1. The van der Waals surface area contributed by atoms with Crippen LogP contribution in [0, 0.1) is 18.3 Å². The van der Waals surface area contributed by atoms with Gasteiger partial charge in [-0.2, -0.15) is 5.10 Å². The maximum Gasteiger partial charge on any atom is 0.262 e. The first kappa shape index (κ1) is 24.8. The maximum absolute atomic E-state index is 12.6. The largest absolute Gasteiger partial charge is 0.490 e. The van der Waals surface area contributed by atoms with Crippen LogP contribution in [0.1, 0.15) is 36.7 Å². The fourth-order valence-electron chi connectivity index (χ4n) is 2.71. The van der Waals surface area contributed by atoms with Crippen molar-refractivity contribution in [2.24, 2.45) is 11.0 Å². The Morgan fingerprint density at radius 1 is 1.16 bits per heavy atom. The van der Waals surface area contributed by atoms with Crippen molar-refractivity contribution in [1.29, 1.82) is 0 Å². The Labute approximate surface area is 193 Å². The number of hydrazone groups is 1. The topological polar surface area (TPSA) is 89.0 Å². The Morgan fingerprint density at radius 2 is 1.88 bits per heavy atom. The average molecular weight is 456 g/mol. The van der Waals surface area contributed by atoms with Crippen LogP contribution in [0.4, 0.5) is 0 Å². The SMILES string of the molecule is C#CCOc1ccc(C=NNC(=O)C(NC(=O)c2ccc(Cl)cc2)C(C)C)cc1OCC. The number of carbonyl (C=O) groups excluding carboxylic acids is 2. The smallest absolute Gasteiger partial charge is 0.262 e. The number of terminal acetylenes is 1. The summed E-state index contributed by atoms with van der Waals surface area (Å²) in [6.45, 7) is 6.10. The zero-order chi connectivity index (χ0) is 23.5. The second-order valence-electron chi connectivity index (χ2n) is 7.07. The molecule has 1 atom stereocenters. The lowest BCUT2D eigenvalue weighted by molar-refractivity contribution is -0.123. The second-order valence-corrected chi connectivity index (χ2v) is 7.50. The third-order valence-electron chi connectivity index (χ3n) is 4.31. The van der Waals surface area contributed by atoms with Gasteiger partial charge in [-0.3, -0.25) is 9.59 Å². The van der Waals surface area contributed by atoms with E-state index in [0.717, 1.165) is 0 Å². The molecule has 2 rings (SSSR count). The number of benzene rings is 2. The van der Waals surface area contributed by atoms with Gasteiger partial charge in [0.15, 0.2) is 11.5 Å². The molecule has 0 aliphatic carbocycles. The number of halogens is 1. The monoisotopic (exact) mass is 455 g/mol. The van der Waals surface area contributed by atoms with Crippen LogP contribution in [-0.4, -0.2) is 37.3 Å². The summed E-state index contributed by atoms with van der Waals surface area (Å²) in [5.74, 6) is 2.49. The summed E-state index contributed by atoms with van der Waals surface area (Å²) in [5.41, 5.74) is 3.57. The van der Waals surface area contributed by atoms with Crippen LogP contribution in [-0.2, 0) is 4.79 Å². The van der Waals surface area contributed by atoms with Crippen LogP contribution >= 0.6 is 11.6 Å². The lowest BCUT2D eigenvalue weighted by Crippen LogP contribution is -2.48. The van der Waals surface area contributed by atoms with E-state index in [0.29, 0.717) is 34.3 Å². The third kappa shape index (κ3) is 7.33. The molecule has 7 nitrogen and oxygen atoms in total. The van der Waals surface area contributed by atoms with Gasteiger partial charge in [0.25, 0.3) is 11.8 Å². The lowest BCUT2D eigenvalue weighted by atomic mass is 10.0. The highest BCUT2D eigenvalue weighted by atomic mass is 35.5. The van der Waals surface area contributed by atoms with Gasteiger partial charge in [-0.05, 0) is 60.9 Å². The third-order valence-corrected chi connectivity index (χ3v) is 4.56. The van der Waals surface area contributed by atoms with Crippen molar-refractivity contribution in [3.63, 3.8) is 0 Å². The molecular formula is C24H26ClN3O4. The summed E-state index contributed by atoms with van der Waals surface area (Å²) >= 11 is 5.85. The van der Waals surface area contributed by atoms with E-state index in [1.165, 1.54) is 6.21 Å². The van der Waals surface area contributed by atoms with Crippen molar-refractivity contribution in [1.82, 2.24) is 10.7 Å². The number of hydrogen-bond donors (Lipinski definition) is 2. The van der Waals surface area contributed by atoms with E-state index < -0.39 is 11.9 Å².